The predicted molar refractivity (Wildman–Crippen MR) is 98.2 cm³/mol. The van der Waals surface area contributed by atoms with Crippen LogP contribution in [0.4, 0.5) is 5.82 Å². The second-order valence-electron chi connectivity index (χ2n) is 6.09. The minimum atomic E-state index is -0.643. The molecule has 0 aliphatic carbocycles. The van der Waals surface area contributed by atoms with Crippen LogP contribution < -0.4 is 4.74 Å². The molecule has 3 aromatic rings. The van der Waals surface area contributed by atoms with E-state index in [0.29, 0.717) is 25.4 Å². The number of rotatable bonds is 8. The quantitative estimate of drug-likeness (QED) is 0.425. The highest BCUT2D eigenvalue weighted by molar-refractivity contribution is 9.10. The summed E-state index contributed by atoms with van der Waals surface area (Å²) in [5, 5.41) is 28.5. The van der Waals surface area contributed by atoms with Gasteiger partial charge in [0.2, 0.25) is 0 Å². The van der Waals surface area contributed by atoms with Gasteiger partial charge in [-0.2, -0.15) is 0 Å². The Balaban J connectivity index is 1.53. The Bertz CT molecular complexity index is 923. The zero-order valence-corrected chi connectivity index (χ0v) is 16.0. The summed E-state index contributed by atoms with van der Waals surface area (Å²) >= 11 is 3.37. The van der Waals surface area contributed by atoms with Crippen LogP contribution >= 0.6 is 15.9 Å². The van der Waals surface area contributed by atoms with E-state index >= 15 is 0 Å². The van der Waals surface area contributed by atoms with Gasteiger partial charge in [0.1, 0.15) is 24.2 Å². The van der Waals surface area contributed by atoms with E-state index in [1.54, 1.807) is 10.9 Å². The first-order valence-corrected chi connectivity index (χ1v) is 8.88. The van der Waals surface area contributed by atoms with Gasteiger partial charge in [-0.15, -0.1) is 5.10 Å². The molecule has 2 aromatic heterocycles. The molecule has 11 heteroatoms. The van der Waals surface area contributed by atoms with Gasteiger partial charge in [-0.05, 0) is 35.1 Å². The normalized spacial score (nSPS) is 12.1. The maximum atomic E-state index is 10.7. The minimum Gasteiger partial charge on any atom is -0.487 e. The van der Waals surface area contributed by atoms with Gasteiger partial charge in [0.05, 0.1) is 6.20 Å². The molecule has 10 nitrogen and oxygen atoms in total. The Morgan fingerprint density at radius 3 is 2.70 bits per heavy atom. The second-order valence-corrected chi connectivity index (χ2v) is 7.00. The van der Waals surface area contributed by atoms with Gasteiger partial charge >= 0.3 is 11.8 Å². The molecule has 0 radical (unpaired) electrons. The maximum absolute atomic E-state index is 10.7. The summed E-state index contributed by atoms with van der Waals surface area (Å²) in [4.78, 5) is 13.6. The molecule has 1 N–H and O–H groups in total. The number of nitro groups is 1. The first-order chi connectivity index (χ1) is 12.9. The fraction of sp³-hybridized carbons (Fsp3) is 0.312. The molecule has 0 fully saturated rings. The molecule has 0 bridgehead atoms. The Morgan fingerprint density at radius 2 is 2.04 bits per heavy atom. The number of ether oxygens (including phenoxy) is 1. The highest BCUT2D eigenvalue weighted by Gasteiger charge is 2.19. The van der Waals surface area contributed by atoms with E-state index in [2.05, 4.69) is 31.2 Å². The average molecular weight is 437 g/mol. The minimum absolute atomic E-state index is 0.0339. The SMILES string of the molecule is C[C@H](Cn1cc(COc2ccc(Br)cc2)nn1)Cn1cc([N+](=O)[O-])nc1O. The Hall–Kier alpha value is -2.95. The van der Waals surface area contributed by atoms with Gasteiger partial charge in [0.25, 0.3) is 0 Å². The van der Waals surface area contributed by atoms with Crippen LogP contribution in [-0.2, 0) is 19.7 Å². The molecule has 0 amide bonds. The number of imidazole rings is 1. The molecular weight excluding hydrogens is 420 g/mol. The third kappa shape index (κ3) is 5.03. The summed E-state index contributed by atoms with van der Waals surface area (Å²) in [5.74, 6) is 0.387. The number of aromatic nitrogens is 5. The van der Waals surface area contributed by atoms with Crippen LogP contribution in [-0.4, -0.2) is 34.6 Å². The van der Waals surface area contributed by atoms with Crippen molar-refractivity contribution in [3.63, 3.8) is 0 Å². The molecule has 1 atom stereocenters. The Morgan fingerprint density at radius 1 is 1.30 bits per heavy atom. The summed E-state index contributed by atoms with van der Waals surface area (Å²) in [6.45, 7) is 3.11. The van der Waals surface area contributed by atoms with Crippen molar-refractivity contribution in [2.45, 2.75) is 26.6 Å². The maximum Gasteiger partial charge on any atom is 0.411 e. The second kappa shape index (κ2) is 8.16. The summed E-state index contributed by atoms with van der Waals surface area (Å²) in [6, 6.07) is 7.12. The van der Waals surface area contributed by atoms with Crippen LogP contribution in [0.1, 0.15) is 12.6 Å². The Kier molecular flexibility index (Phi) is 5.69. The molecule has 0 aliphatic rings. The molecule has 3 rings (SSSR count). The molecule has 0 saturated carbocycles. The summed E-state index contributed by atoms with van der Waals surface area (Å²) in [6.07, 6.45) is 3.00. The van der Waals surface area contributed by atoms with Gasteiger partial charge in [-0.1, -0.05) is 28.1 Å². The smallest absolute Gasteiger partial charge is 0.411 e. The third-order valence-electron chi connectivity index (χ3n) is 3.72. The van der Waals surface area contributed by atoms with E-state index in [4.69, 9.17) is 4.74 Å². The van der Waals surface area contributed by atoms with Crippen molar-refractivity contribution in [2.75, 3.05) is 0 Å². The van der Waals surface area contributed by atoms with Gasteiger partial charge in [0.15, 0.2) is 0 Å². The molecule has 0 aliphatic heterocycles. The van der Waals surface area contributed by atoms with Crippen LogP contribution in [0.5, 0.6) is 11.8 Å². The lowest BCUT2D eigenvalue weighted by Crippen LogP contribution is -2.14. The van der Waals surface area contributed by atoms with Crippen molar-refractivity contribution < 1.29 is 14.8 Å². The van der Waals surface area contributed by atoms with E-state index in [9.17, 15) is 15.2 Å². The molecule has 0 unspecified atom stereocenters. The number of nitrogens with zero attached hydrogens (tertiary/aromatic N) is 6. The molecule has 2 heterocycles. The molecule has 0 spiro atoms. The van der Waals surface area contributed by atoms with Crippen molar-refractivity contribution in [3.05, 3.63) is 56.9 Å². The summed E-state index contributed by atoms with van der Waals surface area (Å²) in [5.41, 5.74) is 0.686. The molecular formula is C16H17BrN6O4. The van der Waals surface area contributed by atoms with E-state index in [1.807, 2.05) is 31.2 Å². The fourth-order valence-electron chi connectivity index (χ4n) is 2.51. The lowest BCUT2D eigenvalue weighted by atomic mass is 10.2. The van der Waals surface area contributed by atoms with Gasteiger partial charge in [0, 0.05) is 22.5 Å². The molecule has 27 heavy (non-hydrogen) atoms. The van der Waals surface area contributed by atoms with Crippen molar-refractivity contribution >= 4 is 21.7 Å². The van der Waals surface area contributed by atoms with E-state index in [0.717, 1.165) is 10.2 Å². The zero-order chi connectivity index (χ0) is 19.4. The van der Waals surface area contributed by atoms with Crippen LogP contribution in [0.2, 0.25) is 0 Å². The third-order valence-corrected chi connectivity index (χ3v) is 4.25. The number of halogens is 1. The molecule has 0 saturated heterocycles. The van der Waals surface area contributed by atoms with Crippen molar-refractivity contribution in [1.82, 2.24) is 24.5 Å². The first-order valence-electron chi connectivity index (χ1n) is 8.08. The fourth-order valence-corrected chi connectivity index (χ4v) is 2.77. The number of hydrogen-bond acceptors (Lipinski definition) is 7. The van der Waals surface area contributed by atoms with Crippen LogP contribution in [0.25, 0.3) is 0 Å². The van der Waals surface area contributed by atoms with E-state index < -0.39 is 4.92 Å². The van der Waals surface area contributed by atoms with Crippen LogP contribution in [0, 0.1) is 16.0 Å². The van der Waals surface area contributed by atoms with Crippen molar-refractivity contribution in [3.8, 4) is 11.8 Å². The number of hydrogen-bond donors (Lipinski definition) is 1. The summed E-state index contributed by atoms with van der Waals surface area (Å²) in [7, 11) is 0. The van der Waals surface area contributed by atoms with E-state index in [1.165, 1.54) is 10.8 Å². The standard InChI is InChI=1S/C16H17BrN6O4/c1-11(6-21-9-15(23(25)26)18-16(21)24)7-22-8-13(19-20-22)10-27-14-4-2-12(17)3-5-14/h2-5,8-9,11H,6-7,10H2,1H3,(H,18,24)/t11-/m0/s1. The zero-order valence-electron chi connectivity index (χ0n) is 14.4. The van der Waals surface area contributed by atoms with Crippen LogP contribution in [0.15, 0.2) is 41.1 Å². The van der Waals surface area contributed by atoms with Gasteiger partial charge in [-0.3, -0.25) is 9.25 Å². The lowest BCUT2D eigenvalue weighted by Gasteiger charge is -2.10. The predicted octanol–water partition coefficient (Wildman–Crippen LogP) is 2.77. The van der Waals surface area contributed by atoms with E-state index in [-0.39, 0.29) is 17.7 Å². The largest absolute Gasteiger partial charge is 0.487 e. The van der Waals surface area contributed by atoms with Gasteiger partial charge < -0.3 is 20.0 Å². The number of aromatic hydroxyl groups is 1. The van der Waals surface area contributed by atoms with Crippen molar-refractivity contribution in [1.29, 1.82) is 0 Å². The average Bonchev–Trinajstić information content (AvgIpc) is 3.21. The topological polar surface area (TPSA) is 121 Å². The molecule has 1 aromatic carbocycles. The number of benzene rings is 1. The van der Waals surface area contributed by atoms with Crippen LogP contribution in [0.3, 0.4) is 0 Å². The van der Waals surface area contributed by atoms with Gasteiger partial charge in [-0.25, -0.2) is 0 Å². The highest BCUT2D eigenvalue weighted by Crippen LogP contribution is 2.19. The molecule has 142 valence electrons. The van der Waals surface area contributed by atoms with Crippen molar-refractivity contribution in [2.24, 2.45) is 5.92 Å². The summed E-state index contributed by atoms with van der Waals surface area (Å²) < 4.78 is 9.65. The monoisotopic (exact) mass is 436 g/mol. The highest BCUT2D eigenvalue weighted by atomic mass is 79.9. The first kappa shape index (κ1) is 18.8. The lowest BCUT2D eigenvalue weighted by molar-refractivity contribution is -0.389. The Labute approximate surface area is 162 Å².